The SMILES string of the molecule is CC(NC(=O)CCn1cccn1)C(O)Cc1ccccc1. The maximum Gasteiger partial charge on any atom is 0.222 e. The van der Waals surface area contributed by atoms with Crippen LogP contribution in [0.15, 0.2) is 48.8 Å². The number of amides is 1. The summed E-state index contributed by atoms with van der Waals surface area (Å²) >= 11 is 0. The number of benzene rings is 1. The molecular weight excluding hydrogens is 266 g/mol. The van der Waals surface area contributed by atoms with Crippen LogP contribution in [0.5, 0.6) is 0 Å². The van der Waals surface area contributed by atoms with Gasteiger partial charge in [-0.3, -0.25) is 9.48 Å². The van der Waals surface area contributed by atoms with Crippen molar-refractivity contribution in [2.45, 2.75) is 38.5 Å². The highest BCUT2D eigenvalue weighted by molar-refractivity contribution is 5.76. The summed E-state index contributed by atoms with van der Waals surface area (Å²) in [6, 6.07) is 11.3. The molecule has 2 rings (SSSR count). The number of aromatic nitrogens is 2. The second-order valence-corrected chi connectivity index (χ2v) is 5.13. The largest absolute Gasteiger partial charge is 0.391 e. The van der Waals surface area contributed by atoms with Gasteiger partial charge in [0, 0.05) is 31.8 Å². The Morgan fingerprint density at radius 1 is 1.33 bits per heavy atom. The number of nitrogens with one attached hydrogen (secondary N) is 1. The third kappa shape index (κ3) is 5.04. The average molecular weight is 287 g/mol. The van der Waals surface area contributed by atoms with E-state index in [1.165, 1.54) is 0 Å². The van der Waals surface area contributed by atoms with Crippen molar-refractivity contribution >= 4 is 5.91 Å². The van der Waals surface area contributed by atoms with Crippen LogP contribution in [0.25, 0.3) is 0 Å². The first-order valence-corrected chi connectivity index (χ1v) is 7.14. The highest BCUT2D eigenvalue weighted by Crippen LogP contribution is 2.06. The maximum absolute atomic E-state index is 11.8. The molecular formula is C16H21N3O2. The maximum atomic E-state index is 11.8. The van der Waals surface area contributed by atoms with Gasteiger partial charge in [0.1, 0.15) is 0 Å². The van der Waals surface area contributed by atoms with Crippen molar-refractivity contribution in [3.63, 3.8) is 0 Å². The van der Waals surface area contributed by atoms with Crippen LogP contribution in [0, 0.1) is 0 Å². The quantitative estimate of drug-likeness (QED) is 0.808. The van der Waals surface area contributed by atoms with Crippen LogP contribution in [0.4, 0.5) is 0 Å². The summed E-state index contributed by atoms with van der Waals surface area (Å²) in [7, 11) is 0. The monoisotopic (exact) mass is 287 g/mol. The van der Waals surface area contributed by atoms with Crippen molar-refractivity contribution in [3.8, 4) is 0 Å². The van der Waals surface area contributed by atoms with E-state index in [-0.39, 0.29) is 11.9 Å². The number of aliphatic hydroxyl groups excluding tert-OH is 1. The van der Waals surface area contributed by atoms with E-state index in [2.05, 4.69) is 10.4 Å². The van der Waals surface area contributed by atoms with Crippen LogP contribution >= 0.6 is 0 Å². The minimum atomic E-state index is -0.596. The second kappa shape index (κ2) is 7.59. The van der Waals surface area contributed by atoms with Crippen LogP contribution in [0.1, 0.15) is 18.9 Å². The van der Waals surface area contributed by atoms with E-state index in [1.807, 2.05) is 49.5 Å². The van der Waals surface area contributed by atoms with Gasteiger partial charge in [0.15, 0.2) is 0 Å². The zero-order valence-electron chi connectivity index (χ0n) is 12.1. The fourth-order valence-corrected chi connectivity index (χ4v) is 2.10. The van der Waals surface area contributed by atoms with Crippen molar-refractivity contribution in [2.24, 2.45) is 0 Å². The van der Waals surface area contributed by atoms with E-state index >= 15 is 0 Å². The molecule has 1 heterocycles. The molecule has 112 valence electrons. The van der Waals surface area contributed by atoms with Crippen LogP contribution in [-0.4, -0.2) is 32.9 Å². The topological polar surface area (TPSA) is 67.2 Å². The summed E-state index contributed by atoms with van der Waals surface area (Å²) in [6.45, 7) is 2.36. The minimum Gasteiger partial charge on any atom is -0.391 e. The Bertz CT molecular complexity index is 540. The number of aryl methyl sites for hydroxylation is 1. The van der Waals surface area contributed by atoms with Gasteiger partial charge in [0.25, 0.3) is 0 Å². The number of hydrogen-bond acceptors (Lipinski definition) is 3. The molecule has 0 radical (unpaired) electrons. The fraction of sp³-hybridized carbons (Fsp3) is 0.375. The molecule has 21 heavy (non-hydrogen) atoms. The van der Waals surface area contributed by atoms with Gasteiger partial charge in [-0.15, -0.1) is 0 Å². The number of rotatable bonds is 7. The molecule has 0 saturated heterocycles. The van der Waals surface area contributed by atoms with Gasteiger partial charge in [0.05, 0.1) is 12.1 Å². The van der Waals surface area contributed by atoms with E-state index in [0.29, 0.717) is 19.4 Å². The van der Waals surface area contributed by atoms with Gasteiger partial charge in [-0.2, -0.15) is 5.10 Å². The highest BCUT2D eigenvalue weighted by atomic mass is 16.3. The molecule has 0 saturated carbocycles. The molecule has 1 aromatic carbocycles. The van der Waals surface area contributed by atoms with Crippen LogP contribution < -0.4 is 5.32 Å². The van der Waals surface area contributed by atoms with Gasteiger partial charge in [-0.05, 0) is 18.6 Å². The van der Waals surface area contributed by atoms with Crippen molar-refractivity contribution in [2.75, 3.05) is 0 Å². The molecule has 0 spiro atoms. The van der Waals surface area contributed by atoms with E-state index in [0.717, 1.165) is 5.56 Å². The van der Waals surface area contributed by atoms with E-state index in [1.54, 1.807) is 10.9 Å². The first-order valence-electron chi connectivity index (χ1n) is 7.14. The average Bonchev–Trinajstić information content (AvgIpc) is 2.99. The molecule has 0 aliphatic carbocycles. The predicted octanol–water partition coefficient (Wildman–Crippen LogP) is 1.38. The van der Waals surface area contributed by atoms with Crippen LogP contribution in [0.2, 0.25) is 0 Å². The van der Waals surface area contributed by atoms with Gasteiger partial charge in [-0.25, -0.2) is 0 Å². The zero-order valence-corrected chi connectivity index (χ0v) is 12.1. The summed E-state index contributed by atoms with van der Waals surface area (Å²) in [4.78, 5) is 11.8. The molecule has 2 N–H and O–H groups in total. The third-order valence-corrected chi connectivity index (χ3v) is 3.38. The smallest absolute Gasteiger partial charge is 0.222 e. The number of carbonyl (C=O) groups is 1. The Morgan fingerprint density at radius 3 is 2.76 bits per heavy atom. The normalized spacial score (nSPS) is 13.6. The number of nitrogens with zero attached hydrogens (tertiary/aromatic N) is 2. The first kappa shape index (κ1) is 15.3. The lowest BCUT2D eigenvalue weighted by molar-refractivity contribution is -0.122. The molecule has 0 aliphatic rings. The number of hydrogen-bond donors (Lipinski definition) is 2. The Balaban J connectivity index is 1.74. The summed E-state index contributed by atoms with van der Waals surface area (Å²) in [5, 5.41) is 17.0. The third-order valence-electron chi connectivity index (χ3n) is 3.38. The predicted molar refractivity (Wildman–Crippen MR) is 80.6 cm³/mol. The van der Waals surface area contributed by atoms with Crippen molar-refractivity contribution in [1.29, 1.82) is 0 Å². The lowest BCUT2D eigenvalue weighted by Gasteiger charge is -2.20. The molecule has 2 aromatic rings. The fourth-order valence-electron chi connectivity index (χ4n) is 2.10. The molecule has 5 nitrogen and oxygen atoms in total. The van der Waals surface area contributed by atoms with Gasteiger partial charge in [0.2, 0.25) is 5.91 Å². The molecule has 1 aromatic heterocycles. The van der Waals surface area contributed by atoms with Gasteiger partial charge in [-0.1, -0.05) is 30.3 Å². The standard InChI is InChI=1S/C16H21N3O2/c1-13(15(20)12-14-6-3-2-4-7-14)18-16(21)8-11-19-10-5-9-17-19/h2-7,9-10,13,15,20H,8,11-12H2,1H3,(H,18,21). The minimum absolute atomic E-state index is 0.0786. The summed E-state index contributed by atoms with van der Waals surface area (Å²) in [6.07, 6.45) is 3.79. The molecule has 2 atom stereocenters. The molecule has 0 fully saturated rings. The second-order valence-electron chi connectivity index (χ2n) is 5.13. The van der Waals surface area contributed by atoms with Gasteiger partial charge < -0.3 is 10.4 Å². The van der Waals surface area contributed by atoms with Crippen LogP contribution in [0.3, 0.4) is 0 Å². The lowest BCUT2D eigenvalue weighted by Crippen LogP contribution is -2.42. The lowest BCUT2D eigenvalue weighted by atomic mass is 10.0. The first-order chi connectivity index (χ1) is 10.1. The molecule has 0 aliphatic heterocycles. The van der Waals surface area contributed by atoms with Crippen molar-refractivity contribution in [1.82, 2.24) is 15.1 Å². The Morgan fingerprint density at radius 2 is 2.10 bits per heavy atom. The Labute approximate surface area is 124 Å². The number of aliphatic hydroxyl groups is 1. The van der Waals surface area contributed by atoms with E-state index in [9.17, 15) is 9.90 Å². The van der Waals surface area contributed by atoms with Gasteiger partial charge >= 0.3 is 0 Å². The summed E-state index contributed by atoms with van der Waals surface area (Å²) in [5.74, 6) is -0.0786. The Kier molecular flexibility index (Phi) is 5.51. The highest BCUT2D eigenvalue weighted by Gasteiger charge is 2.16. The van der Waals surface area contributed by atoms with Crippen LogP contribution in [-0.2, 0) is 17.8 Å². The molecule has 1 amide bonds. The van der Waals surface area contributed by atoms with Crippen molar-refractivity contribution in [3.05, 3.63) is 54.4 Å². The van der Waals surface area contributed by atoms with E-state index < -0.39 is 6.10 Å². The molecule has 0 bridgehead atoms. The summed E-state index contributed by atoms with van der Waals surface area (Å²) < 4.78 is 1.71. The molecule has 2 unspecified atom stereocenters. The van der Waals surface area contributed by atoms with E-state index in [4.69, 9.17) is 0 Å². The summed E-state index contributed by atoms with van der Waals surface area (Å²) in [5.41, 5.74) is 1.06. The zero-order chi connectivity index (χ0) is 15.1. The Hall–Kier alpha value is -2.14. The number of carbonyl (C=O) groups excluding carboxylic acids is 1. The molecule has 5 heteroatoms. The van der Waals surface area contributed by atoms with Crippen molar-refractivity contribution < 1.29 is 9.90 Å².